The molecule has 1 aromatic carbocycles. The van der Waals surface area contributed by atoms with Gasteiger partial charge in [-0.2, -0.15) is 0 Å². The molecule has 0 unspecified atom stereocenters. The second-order valence-corrected chi connectivity index (χ2v) is 3.36. The molecule has 1 amide bonds. The van der Waals surface area contributed by atoms with Crippen molar-refractivity contribution in [3.05, 3.63) is 35.9 Å². The van der Waals surface area contributed by atoms with E-state index >= 15 is 0 Å². The van der Waals surface area contributed by atoms with Gasteiger partial charge < -0.3 is 15.5 Å². The molecule has 1 rings (SSSR count). The summed E-state index contributed by atoms with van der Waals surface area (Å²) in [5.74, 6) is -0.227. The number of hydrogen-bond donors (Lipinski definition) is 3. The molecule has 0 aliphatic heterocycles. The zero-order valence-corrected chi connectivity index (χ0v) is 8.55. The van der Waals surface area contributed by atoms with Crippen LogP contribution in [0.2, 0.25) is 0 Å². The minimum Gasteiger partial charge on any atom is -0.388 e. The van der Waals surface area contributed by atoms with E-state index in [1.165, 1.54) is 6.92 Å². The van der Waals surface area contributed by atoms with E-state index < -0.39 is 12.2 Å². The quantitative estimate of drug-likeness (QED) is 0.664. The molecule has 0 radical (unpaired) electrons. The summed E-state index contributed by atoms with van der Waals surface area (Å²) in [7, 11) is 0. The zero-order valence-electron chi connectivity index (χ0n) is 8.55. The lowest BCUT2D eigenvalue weighted by Crippen LogP contribution is -2.34. The molecular weight excluding hydrogens is 194 g/mol. The maximum Gasteiger partial charge on any atom is 0.216 e. The maximum atomic E-state index is 10.6. The van der Waals surface area contributed by atoms with E-state index in [0.29, 0.717) is 5.56 Å². The molecule has 0 saturated carbocycles. The Hall–Kier alpha value is -1.39. The van der Waals surface area contributed by atoms with Crippen molar-refractivity contribution in [3.63, 3.8) is 0 Å². The number of aliphatic hydroxyl groups is 2. The second kappa shape index (κ2) is 5.48. The maximum absolute atomic E-state index is 10.6. The Bertz CT molecular complexity index is 313. The Morgan fingerprint density at radius 3 is 2.47 bits per heavy atom. The number of hydrogen-bond acceptors (Lipinski definition) is 3. The standard InChI is InChI=1S/C11H15NO3/c1-8(13)12-7-10(14)11(15)9-5-3-2-4-6-9/h2-6,10-11,14-15H,7H2,1H3,(H,12,13)/t10-,11-/m1/s1. The number of carbonyl (C=O) groups excluding carboxylic acids is 1. The van der Waals surface area contributed by atoms with Crippen LogP contribution in [-0.4, -0.2) is 28.8 Å². The average Bonchev–Trinajstić information content (AvgIpc) is 2.26. The molecule has 15 heavy (non-hydrogen) atoms. The molecule has 4 heteroatoms. The van der Waals surface area contributed by atoms with Crippen molar-refractivity contribution in [1.29, 1.82) is 0 Å². The van der Waals surface area contributed by atoms with Crippen molar-refractivity contribution in [1.82, 2.24) is 5.32 Å². The lowest BCUT2D eigenvalue weighted by atomic mass is 10.0. The second-order valence-electron chi connectivity index (χ2n) is 3.36. The monoisotopic (exact) mass is 209 g/mol. The SMILES string of the molecule is CC(=O)NC[C@@H](O)[C@H](O)c1ccccc1. The van der Waals surface area contributed by atoms with Crippen LogP contribution in [0.5, 0.6) is 0 Å². The summed E-state index contributed by atoms with van der Waals surface area (Å²) in [6, 6.07) is 8.84. The summed E-state index contributed by atoms with van der Waals surface area (Å²) in [6.07, 6.45) is -1.96. The third-order valence-corrected chi connectivity index (χ3v) is 2.07. The van der Waals surface area contributed by atoms with Crippen LogP contribution in [-0.2, 0) is 4.79 Å². The predicted octanol–water partition coefficient (Wildman–Crippen LogP) is 0.217. The fraction of sp³-hybridized carbons (Fsp3) is 0.364. The molecule has 0 aromatic heterocycles. The number of benzene rings is 1. The highest BCUT2D eigenvalue weighted by molar-refractivity contribution is 5.72. The van der Waals surface area contributed by atoms with Gasteiger partial charge in [-0.25, -0.2) is 0 Å². The molecule has 0 heterocycles. The van der Waals surface area contributed by atoms with E-state index in [0.717, 1.165) is 0 Å². The summed E-state index contributed by atoms with van der Waals surface area (Å²) in [5.41, 5.74) is 0.635. The van der Waals surface area contributed by atoms with E-state index in [1.807, 2.05) is 6.07 Å². The molecule has 4 nitrogen and oxygen atoms in total. The molecule has 0 saturated heterocycles. The highest BCUT2D eigenvalue weighted by Gasteiger charge is 2.17. The van der Waals surface area contributed by atoms with Gasteiger partial charge in [0, 0.05) is 13.5 Å². The predicted molar refractivity (Wildman–Crippen MR) is 56.1 cm³/mol. The van der Waals surface area contributed by atoms with Crippen molar-refractivity contribution in [2.45, 2.75) is 19.1 Å². The Labute approximate surface area is 88.6 Å². The number of rotatable bonds is 4. The smallest absolute Gasteiger partial charge is 0.216 e. The molecule has 2 atom stereocenters. The lowest BCUT2D eigenvalue weighted by molar-refractivity contribution is -0.119. The summed E-state index contributed by atoms with van der Waals surface area (Å²) in [4.78, 5) is 10.6. The molecule has 82 valence electrons. The molecule has 0 fully saturated rings. The first-order valence-corrected chi connectivity index (χ1v) is 4.77. The van der Waals surface area contributed by atoms with Gasteiger partial charge in [0.15, 0.2) is 0 Å². The lowest BCUT2D eigenvalue weighted by Gasteiger charge is -2.18. The minimum atomic E-state index is -0.990. The molecule has 0 spiro atoms. The Balaban J connectivity index is 2.53. The van der Waals surface area contributed by atoms with Crippen LogP contribution in [0, 0.1) is 0 Å². The first kappa shape index (κ1) is 11.7. The van der Waals surface area contributed by atoms with Gasteiger partial charge >= 0.3 is 0 Å². The third-order valence-electron chi connectivity index (χ3n) is 2.07. The zero-order chi connectivity index (χ0) is 11.3. The first-order valence-electron chi connectivity index (χ1n) is 4.77. The largest absolute Gasteiger partial charge is 0.388 e. The molecule has 0 bridgehead atoms. The van der Waals surface area contributed by atoms with Gasteiger partial charge in [-0.1, -0.05) is 30.3 Å². The minimum absolute atomic E-state index is 0.0470. The van der Waals surface area contributed by atoms with Crippen molar-refractivity contribution in [2.24, 2.45) is 0 Å². The average molecular weight is 209 g/mol. The molecule has 1 aromatic rings. The van der Waals surface area contributed by atoms with Crippen LogP contribution in [0.3, 0.4) is 0 Å². The Morgan fingerprint density at radius 2 is 1.93 bits per heavy atom. The Morgan fingerprint density at radius 1 is 1.33 bits per heavy atom. The number of nitrogens with one attached hydrogen (secondary N) is 1. The first-order chi connectivity index (χ1) is 7.11. The van der Waals surface area contributed by atoms with Gasteiger partial charge in [0.25, 0.3) is 0 Å². The van der Waals surface area contributed by atoms with Crippen molar-refractivity contribution < 1.29 is 15.0 Å². The Kier molecular flexibility index (Phi) is 4.27. The van der Waals surface area contributed by atoms with E-state index in [4.69, 9.17) is 0 Å². The van der Waals surface area contributed by atoms with Gasteiger partial charge in [-0.3, -0.25) is 4.79 Å². The summed E-state index contributed by atoms with van der Waals surface area (Å²) in [5, 5.41) is 21.7. The molecule has 3 N–H and O–H groups in total. The van der Waals surface area contributed by atoms with Crippen LogP contribution in [0.4, 0.5) is 0 Å². The number of carbonyl (C=O) groups is 1. The molecule has 0 aliphatic rings. The summed E-state index contributed by atoms with van der Waals surface area (Å²) < 4.78 is 0. The molecular formula is C11H15NO3. The normalized spacial score (nSPS) is 14.3. The molecule has 0 aliphatic carbocycles. The summed E-state index contributed by atoms with van der Waals surface area (Å²) >= 11 is 0. The van der Waals surface area contributed by atoms with E-state index in [2.05, 4.69) is 5.32 Å². The van der Waals surface area contributed by atoms with E-state index in [-0.39, 0.29) is 12.5 Å². The van der Waals surface area contributed by atoms with Gasteiger partial charge in [0.05, 0.1) is 0 Å². The fourth-order valence-corrected chi connectivity index (χ4v) is 1.23. The highest BCUT2D eigenvalue weighted by atomic mass is 16.3. The van der Waals surface area contributed by atoms with Crippen LogP contribution < -0.4 is 5.32 Å². The van der Waals surface area contributed by atoms with Gasteiger partial charge in [0.1, 0.15) is 12.2 Å². The van der Waals surface area contributed by atoms with Crippen LogP contribution in [0.15, 0.2) is 30.3 Å². The van der Waals surface area contributed by atoms with Crippen LogP contribution in [0.1, 0.15) is 18.6 Å². The van der Waals surface area contributed by atoms with Gasteiger partial charge in [0.2, 0.25) is 5.91 Å². The van der Waals surface area contributed by atoms with Crippen LogP contribution in [0.25, 0.3) is 0 Å². The van der Waals surface area contributed by atoms with E-state index in [9.17, 15) is 15.0 Å². The van der Waals surface area contributed by atoms with E-state index in [1.54, 1.807) is 24.3 Å². The third kappa shape index (κ3) is 3.69. The van der Waals surface area contributed by atoms with Crippen LogP contribution >= 0.6 is 0 Å². The highest BCUT2D eigenvalue weighted by Crippen LogP contribution is 2.15. The van der Waals surface area contributed by atoms with Crippen molar-refractivity contribution in [3.8, 4) is 0 Å². The summed E-state index contributed by atoms with van der Waals surface area (Å²) in [6.45, 7) is 1.41. The van der Waals surface area contributed by atoms with Gasteiger partial charge in [-0.05, 0) is 5.56 Å². The van der Waals surface area contributed by atoms with Crippen molar-refractivity contribution >= 4 is 5.91 Å². The van der Waals surface area contributed by atoms with Gasteiger partial charge in [-0.15, -0.1) is 0 Å². The number of aliphatic hydroxyl groups excluding tert-OH is 2. The topological polar surface area (TPSA) is 69.6 Å². The van der Waals surface area contributed by atoms with Crippen molar-refractivity contribution in [2.75, 3.05) is 6.54 Å². The number of amides is 1. The fourth-order valence-electron chi connectivity index (χ4n) is 1.23.